The van der Waals surface area contributed by atoms with E-state index in [1.54, 1.807) is 29.9 Å². The maximum Gasteiger partial charge on any atom is 0.0897 e. The molecule has 2 rings (SSSR count). The van der Waals surface area contributed by atoms with E-state index in [0.29, 0.717) is 0 Å². The molecule has 1 N–H and O–H groups in total. The summed E-state index contributed by atoms with van der Waals surface area (Å²) in [4.78, 5) is 13.9. The molecule has 0 spiro atoms. The second-order valence-corrected chi connectivity index (χ2v) is 4.67. The first kappa shape index (κ1) is 11.2. The first-order valence-electron chi connectivity index (χ1n) is 5.23. The number of aryl methyl sites for hydroxylation is 1. The van der Waals surface area contributed by atoms with Gasteiger partial charge < -0.3 is 5.32 Å². The van der Waals surface area contributed by atoms with Crippen molar-refractivity contribution in [3.63, 3.8) is 0 Å². The molecule has 0 radical (unpaired) electrons. The lowest BCUT2D eigenvalue weighted by Gasteiger charge is -2.14. The van der Waals surface area contributed by atoms with Crippen LogP contribution < -0.4 is 5.32 Å². The van der Waals surface area contributed by atoms with Gasteiger partial charge in [0, 0.05) is 23.5 Å². The standard InChI is InChI=1S/C11H14N4S/c1-3-13-11(9-6-12-4-5-14-9)10-7-15-8(2)16-10/h4-7,11,13H,3H2,1-2H3. The Balaban J connectivity index is 2.31. The Hall–Kier alpha value is -1.33. The van der Waals surface area contributed by atoms with E-state index >= 15 is 0 Å². The van der Waals surface area contributed by atoms with Gasteiger partial charge in [-0.05, 0) is 13.5 Å². The van der Waals surface area contributed by atoms with E-state index in [0.717, 1.165) is 17.2 Å². The van der Waals surface area contributed by atoms with Crippen LogP contribution in [0, 0.1) is 6.92 Å². The second kappa shape index (κ2) is 5.14. The molecule has 84 valence electrons. The fourth-order valence-electron chi connectivity index (χ4n) is 1.53. The van der Waals surface area contributed by atoms with Crippen molar-refractivity contribution in [2.75, 3.05) is 6.54 Å². The molecule has 1 atom stereocenters. The van der Waals surface area contributed by atoms with Crippen molar-refractivity contribution in [2.24, 2.45) is 0 Å². The summed E-state index contributed by atoms with van der Waals surface area (Å²) in [7, 11) is 0. The molecule has 2 aromatic rings. The molecule has 5 heteroatoms. The molecule has 0 bridgehead atoms. The van der Waals surface area contributed by atoms with Crippen molar-refractivity contribution in [1.29, 1.82) is 0 Å². The Bertz CT molecular complexity index is 440. The highest BCUT2D eigenvalue weighted by Gasteiger charge is 2.16. The molecular weight excluding hydrogens is 220 g/mol. The van der Waals surface area contributed by atoms with Gasteiger partial charge in [-0.2, -0.15) is 0 Å². The summed E-state index contributed by atoms with van der Waals surface area (Å²) in [6.07, 6.45) is 7.10. The van der Waals surface area contributed by atoms with Gasteiger partial charge in [-0.15, -0.1) is 11.3 Å². The molecule has 16 heavy (non-hydrogen) atoms. The summed E-state index contributed by atoms with van der Waals surface area (Å²) in [6.45, 7) is 4.98. The minimum Gasteiger partial charge on any atom is -0.304 e. The zero-order valence-corrected chi connectivity index (χ0v) is 10.2. The third-order valence-corrected chi connectivity index (χ3v) is 3.19. The maximum absolute atomic E-state index is 4.34. The average molecular weight is 234 g/mol. The molecule has 0 saturated carbocycles. The largest absolute Gasteiger partial charge is 0.304 e. The highest BCUT2D eigenvalue weighted by Crippen LogP contribution is 2.24. The zero-order valence-electron chi connectivity index (χ0n) is 9.34. The van der Waals surface area contributed by atoms with Crippen LogP contribution in [0.15, 0.2) is 24.8 Å². The van der Waals surface area contributed by atoms with Crippen molar-refractivity contribution in [1.82, 2.24) is 20.3 Å². The van der Waals surface area contributed by atoms with E-state index in [9.17, 15) is 0 Å². The molecular formula is C11H14N4S. The normalized spacial score (nSPS) is 12.6. The molecule has 1 unspecified atom stereocenters. The molecule has 2 aromatic heterocycles. The highest BCUT2D eigenvalue weighted by atomic mass is 32.1. The monoisotopic (exact) mass is 234 g/mol. The van der Waals surface area contributed by atoms with Crippen LogP contribution in [-0.2, 0) is 0 Å². The smallest absolute Gasteiger partial charge is 0.0897 e. The summed E-state index contributed by atoms with van der Waals surface area (Å²) < 4.78 is 0. The first-order chi connectivity index (χ1) is 7.81. The van der Waals surface area contributed by atoms with Crippen LogP contribution in [0.4, 0.5) is 0 Å². The number of nitrogens with zero attached hydrogens (tertiary/aromatic N) is 3. The molecule has 0 fully saturated rings. The van der Waals surface area contributed by atoms with E-state index < -0.39 is 0 Å². The quantitative estimate of drug-likeness (QED) is 0.878. The lowest BCUT2D eigenvalue weighted by atomic mass is 10.2. The summed E-state index contributed by atoms with van der Waals surface area (Å²) in [5, 5.41) is 4.47. The minimum atomic E-state index is 0.102. The summed E-state index contributed by atoms with van der Waals surface area (Å²) in [5.41, 5.74) is 0.938. The van der Waals surface area contributed by atoms with Crippen molar-refractivity contribution in [2.45, 2.75) is 19.9 Å². The van der Waals surface area contributed by atoms with Gasteiger partial charge in [-0.25, -0.2) is 4.98 Å². The van der Waals surface area contributed by atoms with Crippen LogP contribution in [0.25, 0.3) is 0 Å². The SMILES string of the molecule is CCNC(c1cnccn1)c1cnc(C)s1. The topological polar surface area (TPSA) is 50.7 Å². The fourth-order valence-corrected chi connectivity index (χ4v) is 2.40. The van der Waals surface area contributed by atoms with Crippen LogP contribution in [0.2, 0.25) is 0 Å². The molecule has 0 amide bonds. The van der Waals surface area contributed by atoms with E-state index in [4.69, 9.17) is 0 Å². The number of hydrogen-bond acceptors (Lipinski definition) is 5. The maximum atomic E-state index is 4.34. The molecule has 0 aliphatic carbocycles. The predicted molar refractivity (Wildman–Crippen MR) is 64.4 cm³/mol. The highest BCUT2D eigenvalue weighted by molar-refractivity contribution is 7.11. The van der Waals surface area contributed by atoms with Crippen molar-refractivity contribution in [3.8, 4) is 0 Å². The third-order valence-electron chi connectivity index (χ3n) is 2.21. The van der Waals surface area contributed by atoms with Gasteiger partial charge in [0.05, 0.1) is 22.9 Å². The molecule has 0 saturated heterocycles. The summed E-state index contributed by atoms with van der Waals surface area (Å²) in [6, 6.07) is 0.102. The van der Waals surface area contributed by atoms with E-state index in [1.165, 1.54) is 4.88 Å². The van der Waals surface area contributed by atoms with E-state index in [-0.39, 0.29) is 6.04 Å². The molecule has 2 heterocycles. The van der Waals surface area contributed by atoms with Gasteiger partial charge in [0.25, 0.3) is 0 Å². The molecule has 0 aromatic carbocycles. The molecule has 4 nitrogen and oxygen atoms in total. The van der Waals surface area contributed by atoms with E-state index in [1.807, 2.05) is 13.1 Å². The minimum absolute atomic E-state index is 0.102. The molecule has 0 aliphatic rings. The second-order valence-electron chi connectivity index (χ2n) is 3.40. The van der Waals surface area contributed by atoms with Crippen molar-refractivity contribution in [3.05, 3.63) is 40.4 Å². The number of thiazole rings is 1. The number of nitrogens with one attached hydrogen (secondary N) is 1. The van der Waals surface area contributed by atoms with Crippen molar-refractivity contribution < 1.29 is 0 Å². The Kier molecular flexibility index (Phi) is 3.58. The average Bonchev–Trinajstić information content (AvgIpc) is 2.74. The Morgan fingerprint density at radius 3 is 2.75 bits per heavy atom. The summed E-state index contributed by atoms with van der Waals surface area (Å²) in [5.74, 6) is 0. The number of hydrogen-bond donors (Lipinski definition) is 1. The zero-order chi connectivity index (χ0) is 11.4. The number of aromatic nitrogens is 3. The number of rotatable bonds is 4. The van der Waals surface area contributed by atoms with Gasteiger partial charge in [0.15, 0.2) is 0 Å². The Labute approximate surface area is 98.8 Å². The van der Waals surface area contributed by atoms with Crippen LogP contribution in [0.5, 0.6) is 0 Å². The van der Waals surface area contributed by atoms with Crippen LogP contribution in [-0.4, -0.2) is 21.5 Å². The van der Waals surface area contributed by atoms with Gasteiger partial charge in [-0.1, -0.05) is 6.92 Å². The van der Waals surface area contributed by atoms with Gasteiger partial charge in [0.1, 0.15) is 0 Å². The summed E-state index contributed by atoms with van der Waals surface area (Å²) >= 11 is 1.69. The van der Waals surface area contributed by atoms with Crippen molar-refractivity contribution >= 4 is 11.3 Å². The Morgan fingerprint density at radius 2 is 2.19 bits per heavy atom. The lowest BCUT2D eigenvalue weighted by molar-refractivity contribution is 0.620. The van der Waals surface area contributed by atoms with Crippen LogP contribution in [0.1, 0.15) is 28.5 Å². The van der Waals surface area contributed by atoms with E-state index in [2.05, 4.69) is 27.2 Å². The van der Waals surface area contributed by atoms with Gasteiger partial charge >= 0.3 is 0 Å². The third kappa shape index (κ3) is 2.43. The van der Waals surface area contributed by atoms with Crippen LogP contribution in [0.3, 0.4) is 0 Å². The first-order valence-corrected chi connectivity index (χ1v) is 6.04. The lowest BCUT2D eigenvalue weighted by Crippen LogP contribution is -2.22. The van der Waals surface area contributed by atoms with Crippen LogP contribution >= 0.6 is 11.3 Å². The predicted octanol–water partition coefficient (Wildman–Crippen LogP) is 1.94. The van der Waals surface area contributed by atoms with Gasteiger partial charge in [0.2, 0.25) is 0 Å². The van der Waals surface area contributed by atoms with Gasteiger partial charge in [-0.3, -0.25) is 9.97 Å². The fraction of sp³-hybridized carbons (Fsp3) is 0.364. The Morgan fingerprint density at radius 1 is 1.31 bits per heavy atom. The molecule has 0 aliphatic heterocycles.